The van der Waals surface area contributed by atoms with Gasteiger partial charge in [0.2, 0.25) is 0 Å². The van der Waals surface area contributed by atoms with E-state index in [1.165, 1.54) is 6.20 Å². The summed E-state index contributed by atoms with van der Waals surface area (Å²) < 4.78 is 25.2. The Balaban J connectivity index is 3.35. The zero-order chi connectivity index (χ0) is 10.0. The highest BCUT2D eigenvalue weighted by Crippen LogP contribution is 2.31. The maximum atomic E-state index is 12.5. The largest absolute Gasteiger partial charge is 0.383 e. The lowest BCUT2D eigenvalue weighted by molar-refractivity contribution is 0.149. The van der Waals surface area contributed by atoms with Crippen LogP contribution < -0.4 is 11.5 Å². The van der Waals surface area contributed by atoms with Gasteiger partial charge in [-0.15, -0.1) is 0 Å². The SMILES string of the molecule is NCc1c(N)ncc(Br)c1C(F)F. The van der Waals surface area contributed by atoms with Gasteiger partial charge in [0, 0.05) is 28.3 Å². The summed E-state index contributed by atoms with van der Waals surface area (Å²) >= 11 is 2.97. The molecular weight excluding hydrogens is 244 g/mol. The highest BCUT2D eigenvalue weighted by Gasteiger charge is 2.18. The molecule has 4 N–H and O–H groups in total. The van der Waals surface area contributed by atoms with Gasteiger partial charge in [0.25, 0.3) is 6.43 Å². The van der Waals surface area contributed by atoms with Gasteiger partial charge in [-0.3, -0.25) is 0 Å². The Morgan fingerprint density at radius 2 is 2.15 bits per heavy atom. The van der Waals surface area contributed by atoms with Crippen molar-refractivity contribution < 1.29 is 8.78 Å². The average Bonchev–Trinajstić information content (AvgIpc) is 2.07. The fourth-order valence-electron chi connectivity index (χ4n) is 1.01. The second-order valence-electron chi connectivity index (χ2n) is 2.39. The van der Waals surface area contributed by atoms with E-state index in [4.69, 9.17) is 11.5 Å². The normalized spacial score (nSPS) is 10.8. The summed E-state index contributed by atoms with van der Waals surface area (Å²) in [5.74, 6) is 0.0565. The summed E-state index contributed by atoms with van der Waals surface area (Å²) in [6.07, 6.45) is -1.35. The molecule has 0 radical (unpaired) electrons. The van der Waals surface area contributed by atoms with Crippen molar-refractivity contribution in [2.45, 2.75) is 13.0 Å². The number of nitrogens with zero attached hydrogens (tertiary/aromatic N) is 1. The number of nitrogens with two attached hydrogens (primary N) is 2. The lowest BCUT2D eigenvalue weighted by atomic mass is 10.1. The Hall–Kier alpha value is -0.750. The van der Waals surface area contributed by atoms with Gasteiger partial charge in [-0.2, -0.15) is 0 Å². The van der Waals surface area contributed by atoms with Crippen LogP contribution in [0.4, 0.5) is 14.6 Å². The number of anilines is 1. The van der Waals surface area contributed by atoms with Crippen LogP contribution in [-0.2, 0) is 6.54 Å². The van der Waals surface area contributed by atoms with E-state index in [9.17, 15) is 8.78 Å². The number of nitrogen functional groups attached to an aromatic ring is 1. The third-order valence-corrected chi connectivity index (χ3v) is 2.26. The van der Waals surface area contributed by atoms with E-state index < -0.39 is 6.43 Å². The van der Waals surface area contributed by atoms with Crippen LogP contribution in [0.3, 0.4) is 0 Å². The molecule has 0 amide bonds. The van der Waals surface area contributed by atoms with Crippen molar-refractivity contribution in [1.29, 1.82) is 0 Å². The molecule has 0 aliphatic rings. The first kappa shape index (κ1) is 10.3. The molecule has 6 heteroatoms. The summed E-state index contributed by atoms with van der Waals surface area (Å²) in [5, 5.41) is 0. The average molecular weight is 252 g/mol. The number of hydrogen-bond acceptors (Lipinski definition) is 3. The Morgan fingerprint density at radius 1 is 1.54 bits per heavy atom. The summed E-state index contributed by atoms with van der Waals surface area (Å²) in [4.78, 5) is 3.71. The molecule has 0 spiro atoms. The predicted molar refractivity (Wildman–Crippen MR) is 49.2 cm³/mol. The molecule has 1 aromatic heterocycles. The Morgan fingerprint density at radius 3 is 2.54 bits per heavy atom. The third-order valence-electron chi connectivity index (χ3n) is 1.63. The lowest BCUT2D eigenvalue weighted by Gasteiger charge is -2.10. The minimum absolute atomic E-state index is 0.0437. The maximum Gasteiger partial charge on any atom is 0.265 e. The number of alkyl halides is 2. The van der Waals surface area contributed by atoms with Crippen molar-refractivity contribution in [2.75, 3.05) is 5.73 Å². The van der Waals surface area contributed by atoms with Crippen LogP contribution in [0.5, 0.6) is 0 Å². The predicted octanol–water partition coefficient (Wildman–Crippen LogP) is 1.82. The van der Waals surface area contributed by atoms with E-state index >= 15 is 0 Å². The van der Waals surface area contributed by atoms with Crippen molar-refractivity contribution >= 4 is 21.7 Å². The van der Waals surface area contributed by atoms with Crippen molar-refractivity contribution in [2.24, 2.45) is 5.73 Å². The second-order valence-corrected chi connectivity index (χ2v) is 3.24. The van der Waals surface area contributed by atoms with Crippen molar-refractivity contribution in [3.8, 4) is 0 Å². The van der Waals surface area contributed by atoms with Crippen LogP contribution in [0.2, 0.25) is 0 Å². The van der Waals surface area contributed by atoms with Crippen LogP contribution >= 0.6 is 15.9 Å². The highest BCUT2D eigenvalue weighted by molar-refractivity contribution is 9.10. The molecule has 0 atom stereocenters. The standard InChI is InChI=1S/C7H8BrF2N3/c8-4-2-13-7(12)3(1-11)5(4)6(9)10/h2,6H,1,11H2,(H2,12,13). The fourth-order valence-corrected chi connectivity index (χ4v) is 1.52. The van der Waals surface area contributed by atoms with E-state index in [0.717, 1.165) is 0 Å². The summed E-state index contributed by atoms with van der Waals surface area (Å²) in [6, 6.07) is 0. The summed E-state index contributed by atoms with van der Waals surface area (Å²) in [6.45, 7) is -0.0437. The molecule has 0 saturated carbocycles. The Kier molecular flexibility index (Phi) is 3.16. The second kappa shape index (κ2) is 3.97. The molecule has 0 aromatic carbocycles. The smallest absolute Gasteiger partial charge is 0.265 e. The molecule has 13 heavy (non-hydrogen) atoms. The lowest BCUT2D eigenvalue weighted by Crippen LogP contribution is -2.08. The molecule has 0 fully saturated rings. The molecule has 3 nitrogen and oxygen atoms in total. The number of hydrogen-bond donors (Lipinski definition) is 2. The summed E-state index contributed by atoms with van der Waals surface area (Å²) in [7, 11) is 0. The molecule has 1 rings (SSSR count). The molecule has 1 heterocycles. The number of pyridine rings is 1. The van der Waals surface area contributed by atoms with Gasteiger partial charge in [0.05, 0.1) is 0 Å². The zero-order valence-electron chi connectivity index (χ0n) is 6.60. The van der Waals surface area contributed by atoms with Crippen LogP contribution in [0.25, 0.3) is 0 Å². The molecule has 0 unspecified atom stereocenters. The van der Waals surface area contributed by atoms with E-state index in [-0.39, 0.29) is 28.0 Å². The van der Waals surface area contributed by atoms with Gasteiger partial charge in [0.1, 0.15) is 5.82 Å². The van der Waals surface area contributed by atoms with Crippen LogP contribution in [0.1, 0.15) is 17.6 Å². The fraction of sp³-hybridized carbons (Fsp3) is 0.286. The summed E-state index contributed by atoms with van der Waals surface area (Å²) in [5.41, 5.74) is 10.7. The zero-order valence-corrected chi connectivity index (χ0v) is 8.18. The minimum Gasteiger partial charge on any atom is -0.383 e. The van der Waals surface area contributed by atoms with Gasteiger partial charge >= 0.3 is 0 Å². The molecule has 0 saturated heterocycles. The van der Waals surface area contributed by atoms with E-state index in [0.29, 0.717) is 0 Å². The monoisotopic (exact) mass is 251 g/mol. The Bertz CT molecular complexity index is 317. The Labute approximate surface area is 82.3 Å². The number of halogens is 3. The molecule has 1 aromatic rings. The van der Waals surface area contributed by atoms with Crippen LogP contribution in [0, 0.1) is 0 Å². The van der Waals surface area contributed by atoms with Gasteiger partial charge in [0.15, 0.2) is 0 Å². The van der Waals surface area contributed by atoms with Crippen molar-refractivity contribution in [1.82, 2.24) is 4.98 Å². The topological polar surface area (TPSA) is 64.9 Å². The van der Waals surface area contributed by atoms with Gasteiger partial charge in [-0.1, -0.05) is 0 Å². The van der Waals surface area contributed by atoms with Crippen LogP contribution in [0.15, 0.2) is 10.7 Å². The maximum absolute atomic E-state index is 12.5. The van der Waals surface area contributed by atoms with Gasteiger partial charge < -0.3 is 11.5 Å². The van der Waals surface area contributed by atoms with E-state index in [1.807, 2.05) is 0 Å². The van der Waals surface area contributed by atoms with Crippen LogP contribution in [-0.4, -0.2) is 4.98 Å². The molecular formula is C7H8BrF2N3. The molecule has 0 bridgehead atoms. The third kappa shape index (κ3) is 1.94. The first-order valence-electron chi connectivity index (χ1n) is 3.49. The quantitative estimate of drug-likeness (QED) is 0.843. The van der Waals surface area contributed by atoms with Gasteiger partial charge in [-0.05, 0) is 15.9 Å². The van der Waals surface area contributed by atoms with Gasteiger partial charge in [-0.25, -0.2) is 13.8 Å². The number of aromatic nitrogens is 1. The molecule has 0 aliphatic carbocycles. The van der Waals surface area contributed by atoms with E-state index in [1.54, 1.807) is 0 Å². The van der Waals surface area contributed by atoms with Crippen molar-refractivity contribution in [3.05, 3.63) is 21.8 Å². The highest BCUT2D eigenvalue weighted by atomic mass is 79.9. The van der Waals surface area contributed by atoms with Crippen molar-refractivity contribution in [3.63, 3.8) is 0 Å². The number of rotatable bonds is 2. The minimum atomic E-state index is -2.60. The van der Waals surface area contributed by atoms with E-state index in [2.05, 4.69) is 20.9 Å². The molecule has 72 valence electrons. The molecule has 0 aliphatic heterocycles. The first-order valence-corrected chi connectivity index (χ1v) is 4.28. The first-order chi connectivity index (χ1) is 6.07.